The van der Waals surface area contributed by atoms with Crippen LogP contribution in [-0.2, 0) is 21.0 Å². The number of nitrogens with two attached hydrogens (primary N) is 1. The number of benzene rings is 1. The highest BCUT2D eigenvalue weighted by molar-refractivity contribution is 6.04. The molecule has 2 amide bonds. The summed E-state index contributed by atoms with van der Waals surface area (Å²) in [7, 11) is 0. The molecular weight excluding hydrogens is 208 g/mol. The van der Waals surface area contributed by atoms with E-state index in [9.17, 15) is 9.59 Å². The van der Waals surface area contributed by atoms with Gasteiger partial charge in [0, 0.05) is 0 Å². The van der Waals surface area contributed by atoms with Crippen molar-refractivity contribution in [3.05, 3.63) is 35.9 Å². The van der Waals surface area contributed by atoms with E-state index in [2.05, 4.69) is 0 Å². The third-order valence-electron chi connectivity index (χ3n) is 2.34. The predicted molar refractivity (Wildman–Crippen MR) is 55.7 cm³/mol. The highest BCUT2D eigenvalue weighted by atomic mass is 16.7. The van der Waals surface area contributed by atoms with Crippen molar-refractivity contribution in [3.8, 4) is 0 Å². The molecule has 1 aliphatic heterocycles. The van der Waals surface area contributed by atoms with E-state index in [1.807, 2.05) is 30.3 Å². The van der Waals surface area contributed by atoms with Gasteiger partial charge in [-0.1, -0.05) is 30.3 Å². The lowest BCUT2D eigenvalue weighted by molar-refractivity contribution is -0.191. The molecule has 0 bridgehead atoms. The van der Waals surface area contributed by atoms with Gasteiger partial charge >= 0.3 is 0 Å². The zero-order valence-corrected chi connectivity index (χ0v) is 8.63. The largest absolute Gasteiger partial charge is 0.319 e. The summed E-state index contributed by atoms with van der Waals surface area (Å²) in [5.74, 6) is -0.852. The minimum atomic E-state index is -0.761. The molecular formula is C11H12N2O3. The van der Waals surface area contributed by atoms with E-state index in [4.69, 9.17) is 10.6 Å². The molecule has 1 atom stereocenters. The summed E-state index contributed by atoms with van der Waals surface area (Å²) in [5.41, 5.74) is 6.33. The smallest absolute Gasteiger partial charge is 0.270 e. The third-order valence-corrected chi connectivity index (χ3v) is 2.34. The molecule has 16 heavy (non-hydrogen) atoms. The van der Waals surface area contributed by atoms with Gasteiger partial charge in [-0.15, -0.1) is 0 Å². The second-order valence-corrected chi connectivity index (χ2v) is 3.60. The fraction of sp³-hybridized carbons (Fsp3) is 0.273. The second-order valence-electron chi connectivity index (χ2n) is 3.60. The Morgan fingerprint density at radius 2 is 2.00 bits per heavy atom. The number of nitrogens with zero attached hydrogens (tertiary/aromatic N) is 1. The number of hydrogen-bond donors (Lipinski definition) is 1. The highest BCUT2D eigenvalue weighted by Crippen LogP contribution is 2.13. The minimum absolute atomic E-state index is 0.0215. The molecule has 1 aliphatic rings. The lowest BCUT2D eigenvalue weighted by Gasteiger charge is -2.13. The molecule has 0 spiro atoms. The summed E-state index contributed by atoms with van der Waals surface area (Å²) in [4.78, 5) is 27.8. The van der Waals surface area contributed by atoms with Crippen molar-refractivity contribution >= 4 is 11.8 Å². The molecule has 0 radical (unpaired) electrons. The molecule has 0 aliphatic carbocycles. The first-order chi connectivity index (χ1) is 7.68. The Hall–Kier alpha value is -1.72. The van der Waals surface area contributed by atoms with Crippen molar-refractivity contribution in [1.82, 2.24) is 5.06 Å². The summed E-state index contributed by atoms with van der Waals surface area (Å²) in [6, 6.07) is 8.54. The van der Waals surface area contributed by atoms with Crippen LogP contribution in [0.5, 0.6) is 0 Å². The Labute approximate surface area is 92.7 Å². The van der Waals surface area contributed by atoms with E-state index in [-0.39, 0.29) is 18.9 Å². The van der Waals surface area contributed by atoms with E-state index >= 15 is 0 Å². The standard InChI is InChI=1S/C11H12N2O3/c12-9-6-10(14)13(11(9)15)16-7-8-4-2-1-3-5-8/h1-5,9H,6-7,12H2. The first-order valence-corrected chi connectivity index (χ1v) is 4.97. The number of hydroxylamine groups is 2. The predicted octanol–water partition coefficient (Wildman–Crippen LogP) is 0.204. The maximum absolute atomic E-state index is 11.4. The van der Waals surface area contributed by atoms with Gasteiger partial charge in [-0.05, 0) is 5.56 Å². The summed E-state index contributed by atoms with van der Waals surface area (Å²) < 4.78 is 0. The molecule has 5 heteroatoms. The van der Waals surface area contributed by atoms with Crippen molar-refractivity contribution < 1.29 is 14.4 Å². The van der Waals surface area contributed by atoms with Gasteiger partial charge in [0.2, 0.25) is 0 Å². The lowest BCUT2D eigenvalue weighted by Crippen LogP contribution is -2.35. The average Bonchev–Trinajstić information content (AvgIpc) is 2.53. The van der Waals surface area contributed by atoms with Crippen molar-refractivity contribution in [2.45, 2.75) is 19.1 Å². The Morgan fingerprint density at radius 1 is 1.31 bits per heavy atom. The minimum Gasteiger partial charge on any atom is -0.319 e. The molecule has 1 aromatic rings. The van der Waals surface area contributed by atoms with Crippen LogP contribution in [0.15, 0.2) is 30.3 Å². The Bertz CT molecular complexity index is 405. The molecule has 1 saturated heterocycles. The zero-order valence-electron chi connectivity index (χ0n) is 8.63. The van der Waals surface area contributed by atoms with Gasteiger partial charge in [0.1, 0.15) is 6.61 Å². The first-order valence-electron chi connectivity index (χ1n) is 4.97. The van der Waals surface area contributed by atoms with Crippen LogP contribution < -0.4 is 5.73 Å². The van der Waals surface area contributed by atoms with E-state index in [1.54, 1.807) is 0 Å². The van der Waals surface area contributed by atoms with Gasteiger partial charge in [-0.2, -0.15) is 5.06 Å². The SMILES string of the molecule is NC1CC(=O)N(OCc2ccccc2)C1=O. The fourth-order valence-electron chi connectivity index (χ4n) is 1.48. The normalized spacial score (nSPS) is 20.6. The van der Waals surface area contributed by atoms with Gasteiger partial charge in [0.25, 0.3) is 11.8 Å². The quantitative estimate of drug-likeness (QED) is 0.739. The maximum atomic E-state index is 11.4. The molecule has 0 aromatic heterocycles. The number of rotatable bonds is 3. The monoisotopic (exact) mass is 220 g/mol. The molecule has 2 N–H and O–H groups in total. The summed E-state index contributed by atoms with van der Waals surface area (Å²) in [6.45, 7) is 0.186. The molecule has 1 unspecified atom stereocenters. The van der Waals surface area contributed by atoms with Crippen LogP contribution in [-0.4, -0.2) is 22.9 Å². The van der Waals surface area contributed by atoms with Gasteiger partial charge in [-0.25, -0.2) is 0 Å². The summed E-state index contributed by atoms with van der Waals surface area (Å²) in [5, 5.41) is 0.762. The van der Waals surface area contributed by atoms with Crippen LogP contribution in [0.4, 0.5) is 0 Å². The average molecular weight is 220 g/mol. The van der Waals surface area contributed by atoms with Crippen molar-refractivity contribution in [2.24, 2.45) is 5.73 Å². The van der Waals surface area contributed by atoms with Gasteiger partial charge in [0.15, 0.2) is 0 Å². The number of carbonyl (C=O) groups is 2. The number of amides is 2. The fourth-order valence-corrected chi connectivity index (χ4v) is 1.48. The topological polar surface area (TPSA) is 72.6 Å². The van der Waals surface area contributed by atoms with Crippen LogP contribution in [0.3, 0.4) is 0 Å². The maximum Gasteiger partial charge on any atom is 0.270 e. The molecule has 1 heterocycles. The van der Waals surface area contributed by atoms with E-state index < -0.39 is 11.9 Å². The van der Waals surface area contributed by atoms with Crippen LogP contribution in [0.1, 0.15) is 12.0 Å². The summed E-state index contributed by atoms with van der Waals surface area (Å²) >= 11 is 0. The van der Waals surface area contributed by atoms with E-state index in [0.717, 1.165) is 10.6 Å². The van der Waals surface area contributed by atoms with Crippen molar-refractivity contribution in [2.75, 3.05) is 0 Å². The molecule has 5 nitrogen and oxygen atoms in total. The molecule has 1 fully saturated rings. The highest BCUT2D eigenvalue weighted by Gasteiger charge is 2.37. The van der Waals surface area contributed by atoms with E-state index in [0.29, 0.717) is 0 Å². The van der Waals surface area contributed by atoms with Crippen LogP contribution in [0.2, 0.25) is 0 Å². The van der Waals surface area contributed by atoms with Crippen molar-refractivity contribution in [1.29, 1.82) is 0 Å². The first kappa shape index (κ1) is 10.8. The third kappa shape index (κ3) is 2.10. The Balaban J connectivity index is 1.96. The molecule has 84 valence electrons. The van der Waals surface area contributed by atoms with Gasteiger partial charge < -0.3 is 5.73 Å². The van der Waals surface area contributed by atoms with Gasteiger partial charge in [-0.3, -0.25) is 14.4 Å². The molecule has 0 saturated carbocycles. The van der Waals surface area contributed by atoms with Gasteiger partial charge in [0.05, 0.1) is 12.5 Å². The lowest BCUT2D eigenvalue weighted by atomic mass is 10.2. The van der Waals surface area contributed by atoms with Crippen LogP contribution >= 0.6 is 0 Å². The van der Waals surface area contributed by atoms with E-state index in [1.165, 1.54) is 0 Å². The Kier molecular flexibility index (Phi) is 2.98. The molecule has 1 aromatic carbocycles. The zero-order chi connectivity index (χ0) is 11.5. The van der Waals surface area contributed by atoms with Crippen molar-refractivity contribution in [3.63, 3.8) is 0 Å². The van der Waals surface area contributed by atoms with Crippen LogP contribution in [0, 0.1) is 0 Å². The number of carbonyl (C=O) groups excluding carboxylic acids is 2. The van der Waals surface area contributed by atoms with Crippen LogP contribution in [0.25, 0.3) is 0 Å². The Morgan fingerprint density at radius 3 is 2.56 bits per heavy atom. The number of hydrogen-bond acceptors (Lipinski definition) is 4. The molecule has 2 rings (SSSR count). The number of imide groups is 1. The second kappa shape index (κ2) is 4.42. The summed E-state index contributed by atoms with van der Waals surface area (Å²) in [6.07, 6.45) is 0.0215.